The van der Waals surface area contributed by atoms with Crippen molar-refractivity contribution < 1.29 is 22.7 Å². The third kappa shape index (κ3) is 4.85. The maximum absolute atomic E-state index is 12.5. The zero-order valence-corrected chi connectivity index (χ0v) is 19.3. The van der Waals surface area contributed by atoms with Crippen molar-refractivity contribution in [2.75, 3.05) is 19.7 Å². The molecule has 0 bridgehead atoms. The van der Waals surface area contributed by atoms with Crippen LogP contribution in [0.1, 0.15) is 29.5 Å². The number of piperidine rings is 1. The third-order valence-corrected chi connectivity index (χ3v) is 7.18. The molecule has 33 heavy (non-hydrogen) atoms. The highest BCUT2D eigenvalue weighted by Crippen LogP contribution is 2.29. The normalized spacial score (nSPS) is 17.2. The Morgan fingerprint density at radius 2 is 1.70 bits per heavy atom. The second-order valence-electron chi connectivity index (χ2n) is 8.19. The van der Waals surface area contributed by atoms with E-state index < -0.39 is 15.9 Å². The molecule has 2 amide bonds. The molecule has 174 valence electrons. The van der Waals surface area contributed by atoms with Crippen LogP contribution in [0.5, 0.6) is 5.75 Å². The van der Waals surface area contributed by atoms with Crippen LogP contribution in [0.2, 0.25) is 0 Å². The van der Waals surface area contributed by atoms with Gasteiger partial charge in [0, 0.05) is 24.6 Å². The Kier molecular flexibility index (Phi) is 6.37. The number of nitrogens with one attached hydrogen (secondary N) is 2. The monoisotopic (exact) mass is 470 g/mol. The number of ether oxygens (including phenoxy) is 1. The summed E-state index contributed by atoms with van der Waals surface area (Å²) >= 11 is 0. The highest BCUT2D eigenvalue weighted by molar-refractivity contribution is 7.90. The van der Waals surface area contributed by atoms with Gasteiger partial charge in [0.2, 0.25) is 5.91 Å². The van der Waals surface area contributed by atoms with E-state index in [4.69, 9.17) is 4.74 Å². The molecule has 2 aliphatic heterocycles. The summed E-state index contributed by atoms with van der Waals surface area (Å²) in [5, 5.41) is 0. The molecule has 0 aliphatic carbocycles. The third-order valence-electron chi connectivity index (χ3n) is 5.86. The number of carbonyl (C=O) groups is 2. The topological polar surface area (TPSA) is 117 Å². The van der Waals surface area contributed by atoms with Crippen LogP contribution in [-0.2, 0) is 19.6 Å². The van der Waals surface area contributed by atoms with Crippen LogP contribution in [0.3, 0.4) is 0 Å². The van der Waals surface area contributed by atoms with Gasteiger partial charge < -0.3 is 9.64 Å². The molecule has 4 rings (SSSR count). The molecule has 0 radical (unpaired) electrons. The minimum absolute atomic E-state index is 0.210. The van der Waals surface area contributed by atoms with Crippen molar-refractivity contribution in [3.8, 4) is 5.75 Å². The van der Waals surface area contributed by atoms with Gasteiger partial charge in [-0.3, -0.25) is 20.4 Å². The smallest absolute Gasteiger partial charge is 0.285 e. The number of likely N-dealkylation sites (tertiary alicyclic amines) is 1. The average Bonchev–Trinajstić information content (AvgIpc) is 3.08. The molecule has 0 saturated carbocycles. The highest BCUT2D eigenvalue weighted by atomic mass is 32.2. The quantitative estimate of drug-likeness (QED) is 0.657. The first-order valence-corrected chi connectivity index (χ1v) is 12.2. The van der Waals surface area contributed by atoms with Gasteiger partial charge in [-0.1, -0.05) is 30.3 Å². The van der Waals surface area contributed by atoms with E-state index in [1.165, 1.54) is 0 Å². The van der Waals surface area contributed by atoms with E-state index >= 15 is 0 Å². The Labute approximate surface area is 192 Å². The Bertz CT molecular complexity index is 1200. The Hall–Kier alpha value is -3.40. The van der Waals surface area contributed by atoms with E-state index in [1.807, 2.05) is 36.9 Å². The minimum Gasteiger partial charge on any atom is -0.483 e. The van der Waals surface area contributed by atoms with Gasteiger partial charge in [0.05, 0.1) is 0 Å². The summed E-state index contributed by atoms with van der Waals surface area (Å²) in [6.45, 7) is 4.58. The first-order chi connectivity index (χ1) is 15.8. The highest BCUT2D eigenvalue weighted by Gasteiger charge is 2.34. The predicted molar refractivity (Wildman–Crippen MR) is 122 cm³/mol. The number of para-hydroxylation sites is 1. The summed E-state index contributed by atoms with van der Waals surface area (Å²) in [6.07, 6.45) is 1.03. The maximum atomic E-state index is 12.5. The molecule has 9 nitrogen and oxygen atoms in total. The number of nitrogens with zero attached hydrogens (tertiary/aromatic N) is 2. The summed E-state index contributed by atoms with van der Waals surface area (Å²) < 4.78 is 34.1. The molecule has 2 heterocycles. The number of hydrazine groups is 1. The lowest BCUT2D eigenvalue weighted by atomic mass is 9.95. The van der Waals surface area contributed by atoms with Gasteiger partial charge in [-0.15, -0.1) is 4.40 Å². The fourth-order valence-corrected chi connectivity index (χ4v) is 5.33. The van der Waals surface area contributed by atoms with Crippen molar-refractivity contribution in [2.45, 2.75) is 31.6 Å². The largest absolute Gasteiger partial charge is 0.483 e. The van der Waals surface area contributed by atoms with E-state index in [2.05, 4.69) is 15.2 Å². The minimum atomic E-state index is -3.68. The number of aryl methyl sites for hydroxylation is 2. The van der Waals surface area contributed by atoms with Gasteiger partial charge >= 0.3 is 0 Å². The van der Waals surface area contributed by atoms with E-state index in [9.17, 15) is 18.0 Å². The zero-order valence-electron chi connectivity index (χ0n) is 18.5. The summed E-state index contributed by atoms with van der Waals surface area (Å²) in [6, 6.07) is 12.5. The van der Waals surface area contributed by atoms with E-state index in [1.54, 1.807) is 24.3 Å². The van der Waals surface area contributed by atoms with Gasteiger partial charge in [-0.2, -0.15) is 8.42 Å². The van der Waals surface area contributed by atoms with Crippen LogP contribution in [0.25, 0.3) is 0 Å². The number of amidine groups is 1. The number of benzene rings is 2. The summed E-state index contributed by atoms with van der Waals surface area (Å²) in [7, 11) is -3.68. The van der Waals surface area contributed by atoms with Gasteiger partial charge in [0.1, 0.15) is 10.6 Å². The second-order valence-corrected chi connectivity index (χ2v) is 9.77. The molecule has 0 aromatic heterocycles. The lowest BCUT2D eigenvalue weighted by molar-refractivity contribution is -0.132. The van der Waals surface area contributed by atoms with Crippen LogP contribution in [0, 0.1) is 19.8 Å². The number of sulfonamides is 1. The lowest BCUT2D eigenvalue weighted by Crippen LogP contribution is -2.49. The van der Waals surface area contributed by atoms with Crippen LogP contribution >= 0.6 is 0 Å². The summed E-state index contributed by atoms with van der Waals surface area (Å²) in [4.78, 5) is 26.7. The SMILES string of the molecule is Cc1cccc(C)c1OCC(=O)NNC(=O)C1CCN(C2=NS(=O)(=O)c3ccccc32)CC1. The van der Waals surface area contributed by atoms with Crippen molar-refractivity contribution in [3.05, 3.63) is 59.2 Å². The zero-order chi connectivity index (χ0) is 23.6. The van der Waals surface area contributed by atoms with Gasteiger partial charge in [0.15, 0.2) is 12.4 Å². The van der Waals surface area contributed by atoms with Crippen LogP contribution in [0.4, 0.5) is 0 Å². The Morgan fingerprint density at radius 3 is 2.39 bits per heavy atom. The number of carbonyl (C=O) groups excluding carboxylic acids is 2. The lowest BCUT2D eigenvalue weighted by Gasteiger charge is -2.32. The van der Waals surface area contributed by atoms with Crippen LogP contribution < -0.4 is 15.6 Å². The van der Waals surface area contributed by atoms with E-state index in [0.717, 1.165) is 11.1 Å². The molecule has 2 aromatic carbocycles. The Balaban J connectivity index is 1.26. The number of fused-ring (bicyclic) bond motifs is 1. The van der Waals surface area contributed by atoms with Crippen molar-refractivity contribution in [2.24, 2.45) is 10.3 Å². The molecule has 10 heteroatoms. The fraction of sp³-hybridized carbons (Fsp3) is 0.348. The number of amides is 2. The van der Waals surface area contributed by atoms with Gasteiger partial charge in [0.25, 0.3) is 15.9 Å². The summed E-state index contributed by atoms with van der Waals surface area (Å²) in [5.41, 5.74) is 7.32. The van der Waals surface area contributed by atoms with Crippen LogP contribution in [-0.4, -0.2) is 50.7 Å². The molecule has 0 atom stereocenters. The first-order valence-electron chi connectivity index (χ1n) is 10.7. The number of rotatable bonds is 4. The fourth-order valence-electron chi connectivity index (χ4n) is 4.10. The van der Waals surface area contributed by atoms with Crippen molar-refractivity contribution in [1.29, 1.82) is 0 Å². The molecule has 0 spiro atoms. The predicted octanol–water partition coefficient (Wildman–Crippen LogP) is 1.69. The molecule has 0 unspecified atom stereocenters. The molecule has 1 saturated heterocycles. The number of hydrogen-bond donors (Lipinski definition) is 2. The average molecular weight is 471 g/mol. The number of hydrogen-bond acceptors (Lipinski definition) is 6. The standard InChI is InChI=1S/C23H26N4O5S/c1-15-6-5-7-16(2)21(15)32-14-20(28)24-25-23(29)17-10-12-27(13-11-17)22-18-8-3-4-9-19(18)33(30,31)26-22/h3-9,17H,10-14H2,1-2H3,(H,24,28)(H,25,29). The molecule has 2 N–H and O–H groups in total. The van der Waals surface area contributed by atoms with E-state index in [0.29, 0.717) is 43.1 Å². The van der Waals surface area contributed by atoms with Gasteiger partial charge in [-0.25, -0.2) is 0 Å². The maximum Gasteiger partial charge on any atom is 0.285 e. The van der Waals surface area contributed by atoms with Crippen LogP contribution in [0.15, 0.2) is 51.8 Å². The van der Waals surface area contributed by atoms with Crippen molar-refractivity contribution in [1.82, 2.24) is 15.8 Å². The van der Waals surface area contributed by atoms with Crippen molar-refractivity contribution >= 4 is 27.7 Å². The molecule has 1 fully saturated rings. The Morgan fingerprint density at radius 1 is 1.03 bits per heavy atom. The molecule has 2 aliphatic rings. The van der Waals surface area contributed by atoms with Gasteiger partial charge in [-0.05, 0) is 49.9 Å². The second kappa shape index (κ2) is 9.22. The molecular weight excluding hydrogens is 444 g/mol. The molecule has 2 aromatic rings. The first kappa shape index (κ1) is 22.8. The van der Waals surface area contributed by atoms with Crippen molar-refractivity contribution in [3.63, 3.8) is 0 Å². The summed E-state index contributed by atoms with van der Waals surface area (Å²) in [5.74, 6) is 0.0584. The van der Waals surface area contributed by atoms with E-state index in [-0.39, 0.29) is 23.3 Å². The molecular formula is C23H26N4O5S.